The van der Waals surface area contributed by atoms with Crippen molar-refractivity contribution in [2.24, 2.45) is 0 Å². The summed E-state index contributed by atoms with van der Waals surface area (Å²) in [5.41, 5.74) is -2.56. The zero-order valence-electron chi connectivity index (χ0n) is 9.68. The van der Waals surface area contributed by atoms with E-state index in [-0.39, 0.29) is 17.6 Å². The Balaban J connectivity index is 0.00000220. The monoisotopic (exact) mass is 316 g/mol. The van der Waals surface area contributed by atoms with Crippen molar-refractivity contribution in [3.63, 3.8) is 0 Å². The van der Waals surface area contributed by atoms with Crippen LogP contribution in [-0.2, 0) is 0 Å². The Kier molecular flexibility index (Phi) is 4.57. The molecular weight excluding hydrogens is 312 g/mol. The molecule has 0 fully saturated rings. The van der Waals surface area contributed by atoms with Crippen LogP contribution < -0.4 is 0 Å². The molecule has 2 N–H and O–H groups in total. The smallest absolute Gasteiger partial charge is 0.198 e. The van der Waals surface area contributed by atoms with E-state index >= 15 is 0 Å². The van der Waals surface area contributed by atoms with Crippen molar-refractivity contribution in [2.75, 3.05) is 0 Å². The summed E-state index contributed by atoms with van der Waals surface area (Å²) in [4.78, 5) is 0. The Labute approximate surface area is 111 Å². The third-order valence-electron chi connectivity index (χ3n) is 2.50. The van der Waals surface area contributed by atoms with Gasteiger partial charge >= 0.3 is 0 Å². The quantitative estimate of drug-likeness (QED) is 0.437. The van der Waals surface area contributed by atoms with Crippen LogP contribution in [0.4, 0.5) is 35.1 Å². The number of hydrogen-bond acceptors (Lipinski definition) is 0. The van der Waals surface area contributed by atoms with Crippen molar-refractivity contribution in [3.05, 3.63) is 58.7 Å². The minimum Gasteiger partial charge on any atom is -0.412 e. The summed E-state index contributed by atoms with van der Waals surface area (Å²) in [5, 5.41) is 0. The molecule has 2 aromatic rings. The highest BCUT2D eigenvalue weighted by Gasteiger charge is 2.25. The summed E-state index contributed by atoms with van der Waals surface area (Å²) >= 11 is 0. The third-order valence-corrected chi connectivity index (χ3v) is 2.50. The molecule has 0 spiro atoms. The Morgan fingerprint density at radius 1 is 0.429 bits per heavy atom. The second kappa shape index (κ2) is 5.68. The summed E-state index contributed by atoms with van der Waals surface area (Å²) in [7, 11) is 0. The first-order chi connectivity index (χ1) is 9.25. The molecule has 0 radical (unpaired) electrons. The van der Waals surface area contributed by atoms with Gasteiger partial charge in [-0.1, -0.05) is 0 Å². The molecule has 0 aromatic heterocycles. The lowest BCUT2D eigenvalue weighted by molar-refractivity contribution is 0.404. The molecule has 114 valence electrons. The molecule has 0 aliphatic carbocycles. The lowest BCUT2D eigenvalue weighted by Crippen LogP contribution is -2.03. The molecule has 2 rings (SSSR count). The Hall–Kier alpha value is -2.16. The highest BCUT2D eigenvalue weighted by Crippen LogP contribution is 2.32. The van der Waals surface area contributed by atoms with Gasteiger partial charge in [-0.25, -0.2) is 35.1 Å². The summed E-state index contributed by atoms with van der Waals surface area (Å²) in [5.74, 6) is -16.8. The van der Waals surface area contributed by atoms with Gasteiger partial charge in [0, 0.05) is 11.1 Å². The highest BCUT2D eigenvalue weighted by atomic mass is 19.2. The average molecular weight is 316 g/mol. The first-order valence-electron chi connectivity index (χ1n) is 4.92. The normalized spacial score (nSPS) is 10.5. The summed E-state index contributed by atoms with van der Waals surface area (Å²) in [6.07, 6.45) is 0. The second-order valence-electron chi connectivity index (χ2n) is 3.70. The standard InChI is InChI=1S/C12H2F8.H2O/c13-5-1-3(7(15)11(19)9(5)17)4-2-6(14)10(18)12(20)8(4)16;/h1-2H;1H2. The van der Waals surface area contributed by atoms with Gasteiger partial charge in [0.1, 0.15) is 0 Å². The fourth-order valence-corrected chi connectivity index (χ4v) is 1.54. The molecule has 0 atom stereocenters. The van der Waals surface area contributed by atoms with Crippen LogP contribution in [0.1, 0.15) is 0 Å². The first-order valence-corrected chi connectivity index (χ1v) is 4.92. The van der Waals surface area contributed by atoms with Gasteiger partial charge in [0.2, 0.25) is 0 Å². The fourth-order valence-electron chi connectivity index (χ4n) is 1.54. The molecule has 0 aliphatic heterocycles. The van der Waals surface area contributed by atoms with Crippen LogP contribution in [0.15, 0.2) is 12.1 Å². The molecule has 0 bridgehead atoms. The van der Waals surface area contributed by atoms with E-state index in [0.29, 0.717) is 0 Å². The van der Waals surface area contributed by atoms with Gasteiger partial charge in [0.25, 0.3) is 0 Å². The van der Waals surface area contributed by atoms with Gasteiger partial charge in [0.15, 0.2) is 46.5 Å². The molecule has 0 amide bonds. The Morgan fingerprint density at radius 3 is 1.00 bits per heavy atom. The van der Waals surface area contributed by atoms with Crippen LogP contribution in [-0.4, -0.2) is 5.48 Å². The lowest BCUT2D eigenvalue weighted by atomic mass is 10.0. The van der Waals surface area contributed by atoms with E-state index in [1.54, 1.807) is 0 Å². The van der Waals surface area contributed by atoms with E-state index in [1.807, 2.05) is 0 Å². The topological polar surface area (TPSA) is 31.5 Å². The zero-order chi connectivity index (χ0) is 15.2. The summed E-state index contributed by atoms with van der Waals surface area (Å²) in [6.45, 7) is 0. The van der Waals surface area contributed by atoms with Gasteiger partial charge in [-0.15, -0.1) is 0 Å². The van der Waals surface area contributed by atoms with E-state index in [2.05, 4.69) is 0 Å². The number of benzene rings is 2. The summed E-state index contributed by atoms with van der Waals surface area (Å²) < 4.78 is 104. The highest BCUT2D eigenvalue weighted by molar-refractivity contribution is 5.65. The number of rotatable bonds is 1. The van der Waals surface area contributed by atoms with Gasteiger partial charge in [0.05, 0.1) is 0 Å². The predicted octanol–water partition coefficient (Wildman–Crippen LogP) is 3.64. The van der Waals surface area contributed by atoms with Crippen LogP contribution in [0.25, 0.3) is 11.1 Å². The number of halogens is 8. The van der Waals surface area contributed by atoms with Crippen LogP contribution in [0.5, 0.6) is 0 Å². The van der Waals surface area contributed by atoms with Crippen molar-refractivity contribution in [1.82, 2.24) is 0 Å². The minimum absolute atomic E-state index is 0. The van der Waals surface area contributed by atoms with Crippen molar-refractivity contribution in [2.45, 2.75) is 0 Å². The molecule has 0 aliphatic rings. The molecule has 21 heavy (non-hydrogen) atoms. The van der Waals surface area contributed by atoms with Crippen molar-refractivity contribution in [1.29, 1.82) is 0 Å². The third kappa shape index (κ3) is 2.56. The van der Waals surface area contributed by atoms with E-state index in [4.69, 9.17) is 0 Å². The molecule has 1 nitrogen and oxygen atoms in total. The van der Waals surface area contributed by atoms with Crippen molar-refractivity contribution >= 4 is 0 Å². The SMILES string of the molecule is Fc1cc(-c2cc(F)c(F)c(F)c2F)c(F)c(F)c1F.O. The predicted molar refractivity (Wildman–Crippen MR) is 55.2 cm³/mol. The Bertz CT molecular complexity index is 652. The molecule has 2 aromatic carbocycles. The van der Waals surface area contributed by atoms with Crippen LogP contribution in [0.2, 0.25) is 0 Å². The Morgan fingerprint density at radius 2 is 0.714 bits per heavy atom. The van der Waals surface area contributed by atoms with E-state index in [0.717, 1.165) is 0 Å². The maximum Gasteiger partial charge on any atom is 0.198 e. The van der Waals surface area contributed by atoms with Gasteiger partial charge in [-0.2, -0.15) is 0 Å². The molecule has 9 heteroatoms. The fraction of sp³-hybridized carbons (Fsp3) is 0. The zero-order valence-corrected chi connectivity index (χ0v) is 9.68. The molecule has 0 unspecified atom stereocenters. The van der Waals surface area contributed by atoms with Gasteiger partial charge < -0.3 is 5.48 Å². The maximum absolute atomic E-state index is 13.4. The van der Waals surface area contributed by atoms with Crippen LogP contribution >= 0.6 is 0 Å². The van der Waals surface area contributed by atoms with Crippen LogP contribution in [0.3, 0.4) is 0 Å². The van der Waals surface area contributed by atoms with Gasteiger partial charge in [-0.05, 0) is 12.1 Å². The van der Waals surface area contributed by atoms with E-state index < -0.39 is 57.7 Å². The molecule has 0 saturated carbocycles. The lowest BCUT2D eigenvalue weighted by Gasteiger charge is -2.09. The van der Waals surface area contributed by atoms with Gasteiger partial charge in [-0.3, -0.25) is 0 Å². The summed E-state index contributed by atoms with van der Waals surface area (Å²) in [6, 6.07) is 0.00584. The maximum atomic E-state index is 13.4. The molecule has 0 saturated heterocycles. The second-order valence-corrected chi connectivity index (χ2v) is 3.70. The number of hydrogen-bond donors (Lipinski definition) is 0. The van der Waals surface area contributed by atoms with Crippen LogP contribution in [0, 0.1) is 46.5 Å². The van der Waals surface area contributed by atoms with Crippen molar-refractivity contribution in [3.8, 4) is 11.1 Å². The minimum atomic E-state index is -2.29. The largest absolute Gasteiger partial charge is 0.412 e. The van der Waals surface area contributed by atoms with E-state index in [1.165, 1.54) is 0 Å². The van der Waals surface area contributed by atoms with Crippen molar-refractivity contribution < 1.29 is 40.6 Å². The molecule has 0 heterocycles. The van der Waals surface area contributed by atoms with E-state index in [9.17, 15) is 35.1 Å². The average Bonchev–Trinajstić information content (AvgIpc) is 2.42. The first kappa shape index (κ1) is 16.9. The molecular formula is C12H4F8O.